The second-order valence-corrected chi connectivity index (χ2v) is 4.31. The van der Waals surface area contributed by atoms with Crippen LogP contribution in [0, 0.1) is 6.92 Å². The minimum Gasteiger partial charge on any atom is -0.496 e. The molecule has 0 saturated heterocycles. The summed E-state index contributed by atoms with van der Waals surface area (Å²) < 4.78 is 10.7. The first kappa shape index (κ1) is 15.1. The summed E-state index contributed by atoms with van der Waals surface area (Å²) in [5.41, 5.74) is 2.04. The van der Waals surface area contributed by atoms with Gasteiger partial charge in [-0.15, -0.1) is 0 Å². The molecular weight excluding hydrogens is 244 g/mol. The summed E-state index contributed by atoms with van der Waals surface area (Å²) in [6.07, 6.45) is 0.734. The van der Waals surface area contributed by atoms with Crippen molar-refractivity contribution in [2.45, 2.75) is 13.3 Å². The van der Waals surface area contributed by atoms with Gasteiger partial charge in [-0.25, -0.2) is 4.79 Å². The Morgan fingerprint density at radius 2 is 2.00 bits per heavy atom. The maximum atomic E-state index is 11.4. The van der Waals surface area contributed by atoms with Crippen molar-refractivity contribution < 1.29 is 14.3 Å². The Morgan fingerprint density at radius 1 is 1.32 bits per heavy atom. The predicted molar refractivity (Wildman–Crippen MR) is 75.1 cm³/mol. The largest absolute Gasteiger partial charge is 0.496 e. The third kappa shape index (κ3) is 3.53. The number of amides is 2. The van der Waals surface area contributed by atoms with Gasteiger partial charge in [0, 0.05) is 26.2 Å². The van der Waals surface area contributed by atoms with Crippen LogP contribution in [-0.2, 0) is 6.42 Å². The minimum atomic E-state index is -0.0933. The van der Waals surface area contributed by atoms with Gasteiger partial charge >= 0.3 is 6.03 Å². The van der Waals surface area contributed by atoms with E-state index in [1.54, 1.807) is 33.2 Å². The molecule has 1 aromatic carbocycles. The number of urea groups is 1. The third-order valence-corrected chi connectivity index (χ3v) is 3.14. The van der Waals surface area contributed by atoms with Gasteiger partial charge in [-0.3, -0.25) is 0 Å². The molecule has 0 bridgehead atoms. The number of likely N-dealkylation sites (N-methyl/N-ethyl adjacent to an activating group) is 1. The lowest BCUT2D eigenvalue weighted by atomic mass is 10.1. The second-order valence-electron chi connectivity index (χ2n) is 4.31. The summed E-state index contributed by atoms with van der Waals surface area (Å²) in [6.45, 7) is 2.59. The predicted octanol–water partition coefficient (Wildman–Crippen LogP) is 1.83. The van der Waals surface area contributed by atoms with Gasteiger partial charge in [0.2, 0.25) is 0 Å². The number of nitrogens with zero attached hydrogens (tertiary/aromatic N) is 1. The topological polar surface area (TPSA) is 50.8 Å². The first-order valence-corrected chi connectivity index (χ1v) is 6.18. The van der Waals surface area contributed by atoms with Gasteiger partial charge in [-0.2, -0.15) is 0 Å². The normalized spacial score (nSPS) is 9.95. The number of rotatable bonds is 5. The van der Waals surface area contributed by atoms with Crippen LogP contribution in [0.4, 0.5) is 4.79 Å². The number of benzene rings is 1. The van der Waals surface area contributed by atoms with Gasteiger partial charge in [0.05, 0.1) is 14.2 Å². The van der Waals surface area contributed by atoms with Crippen molar-refractivity contribution in [1.82, 2.24) is 10.2 Å². The van der Waals surface area contributed by atoms with Gasteiger partial charge in [0.1, 0.15) is 11.5 Å². The molecule has 0 aliphatic carbocycles. The minimum absolute atomic E-state index is 0.0933. The summed E-state index contributed by atoms with van der Waals surface area (Å²) in [5.74, 6) is 1.63. The van der Waals surface area contributed by atoms with Crippen LogP contribution in [0.3, 0.4) is 0 Å². The molecule has 5 heteroatoms. The highest BCUT2D eigenvalue weighted by Crippen LogP contribution is 2.31. The second kappa shape index (κ2) is 6.87. The van der Waals surface area contributed by atoms with Crippen molar-refractivity contribution >= 4 is 6.03 Å². The summed E-state index contributed by atoms with van der Waals surface area (Å²) >= 11 is 0. The van der Waals surface area contributed by atoms with Gasteiger partial charge in [0.25, 0.3) is 0 Å². The lowest BCUT2D eigenvalue weighted by Crippen LogP contribution is -2.36. The zero-order chi connectivity index (χ0) is 14.4. The van der Waals surface area contributed by atoms with E-state index in [9.17, 15) is 4.79 Å². The summed E-state index contributed by atoms with van der Waals surface area (Å²) in [6, 6.07) is 3.80. The molecule has 0 saturated carbocycles. The molecule has 1 aromatic rings. The molecule has 106 valence electrons. The fourth-order valence-electron chi connectivity index (χ4n) is 2.01. The number of carbonyl (C=O) groups is 1. The van der Waals surface area contributed by atoms with Gasteiger partial charge in [-0.05, 0) is 25.0 Å². The monoisotopic (exact) mass is 266 g/mol. The lowest BCUT2D eigenvalue weighted by molar-refractivity contribution is 0.211. The van der Waals surface area contributed by atoms with E-state index in [0.29, 0.717) is 6.54 Å². The number of methoxy groups -OCH3 is 2. The molecule has 0 aliphatic heterocycles. The first-order valence-electron chi connectivity index (χ1n) is 6.18. The van der Waals surface area contributed by atoms with Crippen LogP contribution in [0.2, 0.25) is 0 Å². The Balaban J connectivity index is 2.84. The molecule has 5 nitrogen and oxygen atoms in total. The third-order valence-electron chi connectivity index (χ3n) is 3.14. The fourth-order valence-corrected chi connectivity index (χ4v) is 2.01. The highest BCUT2D eigenvalue weighted by atomic mass is 16.5. The molecule has 0 unspecified atom stereocenters. The number of hydrogen-bond acceptors (Lipinski definition) is 3. The highest BCUT2D eigenvalue weighted by Gasteiger charge is 2.13. The number of nitrogens with one attached hydrogen (secondary N) is 1. The molecule has 0 aromatic heterocycles. The standard InChI is InChI=1S/C14H22N2O3/c1-10-12(18-4)7-6-11(13(10)19-5)8-9-16(3)14(17)15-2/h6-7H,8-9H2,1-5H3,(H,15,17). The van der Waals surface area contributed by atoms with E-state index in [1.165, 1.54) is 0 Å². The Kier molecular flexibility index (Phi) is 5.48. The Bertz CT molecular complexity index is 447. The SMILES string of the molecule is CNC(=O)N(C)CCc1ccc(OC)c(C)c1OC. The summed E-state index contributed by atoms with van der Waals surface area (Å²) in [5, 5.41) is 2.59. The molecule has 19 heavy (non-hydrogen) atoms. The number of ether oxygens (including phenoxy) is 2. The van der Waals surface area contributed by atoms with Crippen molar-refractivity contribution in [2.24, 2.45) is 0 Å². The zero-order valence-electron chi connectivity index (χ0n) is 12.2. The van der Waals surface area contributed by atoms with Crippen LogP contribution in [-0.4, -0.2) is 45.8 Å². The molecule has 0 atom stereocenters. The molecular formula is C14H22N2O3. The van der Waals surface area contributed by atoms with Crippen LogP contribution in [0.5, 0.6) is 11.5 Å². The van der Waals surface area contributed by atoms with Crippen LogP contribution < -0.4 is 14.8 Å². The van der Waals surface area contributed by atoms with E-state index < -0.39 is 0 Å². The number of hydrogen-bond donors (Lipinski definition) is 1. The average molecular weight is 266 g/mol. The van der Waals surface area contributed by atoms with E-state index in [1.807, 2.05) is 19.1 Å². The van der Waals surface area contributed by atoms with Crippen molar-refractivity contribution in [3.8, 4) is 11.5 Å². The smallest absolute Gasteiger partial charge is 0.316 e. The molecule has 0 aliphatic rings. The molecule has 1 N–H and O–H groups in total. The average Bonchev–Trinajstić information content (AvgIpc) is 2.43. The maximum absolute atomic E-state index is 11.4. The van der Waals surface area contributed by atoms with Crippen LogP contribution >= 0.6 is 0 Å². The molecule has 1 rings (SSSR count). The molecule has 0 radical (unpaired) electrons. The van der Waals surface area contributed by atoms with E-state index in [-0.39, 0.29) is 6.03 Å². The van der Waals surface area contributed by atoms with Crippen molar-refractivity contribution in [1.29, 1.82) is 0 Å². The Labute approximate surface area is 114 Å². The zero-order valence-corrected chi connectivity index (χ0v) is 12.2. The molecule has 0 fully saturated rings. The Morgan fingerprint density at radius 3 is 2.53 bits per heavy atom. The molecule has 2 amide bonds. The molecule has 0 heterocycles. The van der Waals surface area contributed by atoms with E-state index in [4.69, 9.17) is 9.47 Å². The van der Waals surface area contributed by atoms with Crippen LogP contribution in [0.25, 0.3) is 0 Å². The number of carbonyl (C=O) groups excluding carboxylic acids is 1. The van der Waals surface area contributed by atoms with E-state index in [0.717, 1.165) is 29.0 Å². The Hall–Kier alpha value is -1.91. The molecule has 0 spiro atoms. The summed E-state index contributed by atoms with van der Waals surface area (Å²) in [7, 11) is 6.67. The highest BCUT2D eigenvalue weighted by molar-refractivity contribution is 5.73. The van der Waals surface area contributed by atoms with E-state index >= 15 is 0 Å². The van der Waals surface area contributed by atoms with Crippen molar-refractivity contribution in [3.63, 3.8) is 0 Å². The van der Waals surface area contributed by atoms with Crippen molar-refractivity contribution in [3.05, 3.63) is 23.3 Å². The summed E-state index contributed by atoms with van der Waals surface area (Å²) in [4.78, 5) is 13.1. The van der Waals surface area contributed by atoms with Gasteiger partial charge in [0.15, 0.2) is 0 Å². The van der Waals surface area contributed by atoms with E-state index in [2.05, 4.69) is 5.32 Å². The van der Waals surface area contributed by atoms with Gasteiger partial charge < -0.3 is 19.7 Å². The maximum Gasteiger partial charge on any atom is 0.316 e. The quantitative estimate of drug-likeness (QED) is 0.884. The van der Waals surface area contributed by atoms with Crippen LogP contribution in [0.15, 0.2) is 12.1 Å². The first-order chi connectivity index (χ1) is 9.04. The fraction of sp³-hybridized carbons (Fsp3) is 0.500. The van der Waals surface area contributed by atoms with Crippen molar-refractivity contribution in [2.75, 3.05) is 34.9 Å². The van der Waals surface area contributed by atoms with Gasteiger partial charge in [-0.1, -0.05) is 6.07 Å². The van der Waals surface area contributed by atoms with Crippen LogP contribution in [0.1, 0.15) is 11.1 Å². The lowest BCUT2D eigenvalue weighted by Gasteiger charge is -2.18.